The molecule has 0 aliphatic rings. The highest BCUT2D eigenvalue weighted by atomic mass is 79.9. The highest BCUT2D eigenvalue weighted by molar-refractivity contribution is 9.10. The zero-order chi connectivity index (χ0) is 32.6. The number of nitrogens with zero attached hydrogens (tertiary/aromatic N) is 4. The van der Waals surface area contributed by atoms with Gasteiger partial charge in [-0.25, -0.2) is 9.78 Å². The molecule has 2 N–H and O–H groups in total. The molecule has 2 aromatic heterocycles. The molecule has 9 nitrogen and oxygen atoms in total. The molecule has 11 heteroatoms. The van der Waals surface area contributed by atoms with Crippen LogP contribution in [0.5, 0.6) is 5.88 Å². The highest BCUT2D eigenvalue weighted by Crippen LogP contribution is 2.33. The number of pyridine rings is 1. The van der Waals surface area contributed by atoms with Gasteiger partial charge in [-0.15, -0.1) is 0 Å². The molecule has 4 rings (SSSR count). The summed E-state index contributed by atoms with van der Waals surface area (Å²) in [6, 6.07) is 18.8. The Balaban J connectivity index is 1.67. The third-order valence-electron chi connectivity index (χ3n) is 6.85. The van der Waals surface area contributed by atoms with Gasteiger partial charge in [0.15, 0.2) is 0 Å². The van der Waals surface area contributed by atoms with Gasteiger partial charge in [0.1, 0.15) is 13.3 Å². The molecule has 1 unspecified atom stereocenters. The summed E-state index contributed by atoms with van der Waals surface area (Å²) in [7, 11) is 1.59. The van der Waals surface area contributed by atoms with Crippen molar-refractivity contribution in [2.45, 2.75) is 58.5 Å². The van der Waals surface area contributed by atoms with E-state index in [1.807, 2.05) is 30.3 Å². The zero-order valence-electron chi connectivity index (χ0n) is 26.5. The third kappa shape index (κ3) is 10.3. The van der Waals surface area contributed by atoms with Gasteiger partial charge in [-0.1, -0.05) is 45.0 Å². The molecule has 0 aliphatic heterocycles. The van der Waals surface area contributed by atoms with Gasteiger partial charge in [0.25, 0.3) is 0 Å². The zero-order valence-corrected chi connectivity index (χ0v) is 28.9. The van der Waals surface area contributed by atoms with Crippen molar-refractivity contribution >= 4 is 39.8 Å². The van der Waals surface area contributed by atoms with Crippen LogP contribution in [0, 0.1) is 19.3 Å². The largest absolute Gasteiger partial charge is 0.478 e. The molecule has 0 amide bonds. The molecule has 0 saturated heterocycles. The smallest absolute Gasteiger partial charge is 0.335 e. The van der Waals surface area contributed by atoms with E-state index in [1.54, 1.807) is 35.8 Å². The fourth-order valence-corrected chi connectivity index (χ4v) is 6.00. The topological polar surface area (TPSA) is 110 Å². The molecule has 0 aliphatic carbocycles. The number of carboxylic acid groups (broad SMARTS) is 1. The minimum atomic E-state index is -0.992. The lowest BCUT2D eigenvalue weighted by Gasteiger charge is -2.27. The lowest BCUT2D eigenvalue weighted by atomic mass is 9.88. The van der Waals surface area contributed by atoms with Crippen LogP contribution in [-0.2, 0) is 11.3 Å². The Morgan fingerprint density at radius 2 is 1.80 bits per heavy atom. The number of methoxy groups -OCH3 is 1. The van der Waals surface area contributed by atoms with Crippen molar-refractivity contribution in [3.05, 3.63) is 93.7 Å². The minimum Gasteiger partial charge on any atom is -0.478 e. The Bertz CT molecular complexity index is 1580. The maximum Gasteiger partial charge on any atom is 0.335 e. The fraction of sp³-hybridized carbons (Fsp3) is 0.353. The van der Waals surface area contributed by atoms with Crippen LogP contribution in [0.25, 0.3) is 11.3 Å². The summed E-state index contributed by atoms with van der Waals surface area (Å²) in [5, 5.41) is 13.1. The summed E-state index contributed by atoms with van der Waals surface area (Å²) in [5.41, 5.74) is 5.10. The quantitative estimate of drug-likeness (QED) is 0.101. The van der Waals surface area contributed by atoms with Crippen LogP contribution < -0.4 is 14.4 Å². The molecule has 0 fully saturated rings. The summed E-state index contributed by atoms with van der Waals surface area (Å²) < 4.78 is 14.7. The molecule has 0 radical (unpaired) electrons. The van der Waals surface area contributed by atoms with Gasteiger partial charge in [0.2, 0.25) is 11.8 Å². The molecular weight excluding hydrogens is 654 g/mol. The Morgan fingerprint density at radius 3 is 2.44 bits per heavy atom. The van der Waals surface area contributed by atoms with Gasteiger partial charge in [-0.3, -0.25) is 9.29 Å². The predicted molar refractivity (Wildman–Crippen MR) is 183 cm³/mol. The van der Waals surface area contributed by atoms with E-state index in [2.05, 4.69) is 73.0 Å². The SMILES string of the molecule is COCN(Sc1cccc(C(=O)O)c1)c1nc(OCC(CC(C)(C)C)NCc2ccc(Br)cn2)cc(-c2c(C)cccc2C)n1. The molecule has 1 atom stereocenters. The first kappa shape index (κ1) is 34.4. The number of rotatable bonds is 14. The van der Waals surface area contributed by atoms with Crippen molar-refractivity contribution in [3.8, 4) is 17.1 Å². The van der Waals surface area contributed by atoms with Crippen molar-refractivity contribution in [2.75, 3.05) is 24.8 Å². The molecule has 0 spiro atoms. The first-order chi connectivity index (χ1) is 21.4. The maximum atomic E-state index is 11.6. The number of halogens is 1. The number of carboxylic acids is 1. The molecule has 45 heavy (non-hydrogen) atoms. The van der Waals surface area contributed by atoms with Gasteiger partial charge in [-0.2, -0.15) is 4.98 Å². The highest BCUT2D eigenvalue weighted by Gasteiger charge is 2.22. The number of anilines is 1. The second kappa shape index (κ2) is 15.7. The third-order valence-corrected chi connectivity index (χ3v) is 8.27. The fourth-order valence-electron chi connectivity index (χ4n) is 4.88. The molecule has 0 bridgehead atoms. The number of nitrogens with one attached hydrogen (secondary N) is 1. The van der Waals surface area contributed by atoms with Crippen LogP contribution >= 0.6 is 27.9 Å². The Kier molecular flexibility index (Phi) is 12.0. The van der Waals surface area contributed by atoms with Crippen molar-refractivity contribution < 1.29 is 19.4 Å². The van der Waals surface area contributed by atoms with Crippen LogP contribution in [0.1, 0.15) is 54.4 Å². The van der Waals surface area contributed by atoms with Crippen molar-refractivity contribution in [2.24, 2.45) is 5.41 Å². The van der Waals surface area contributed by atoms with E-state index >= 15 is 0 Å². The van der Waals surface area contributed by atoms with Crippen molar-refractivity contribution in [3.63, 3.8) is 0 Å². The number of ether oxygens (including phenoxy) is 2. The number of aryl methyl sites for hydroxylation is 2. The molecule has 238 valence electrons. The molecule has 0 saturated carbocycles. The van der Waals surface area contributed by atoms with Crippen LogP contribution in [0.4, 0.5) is 5.95 Å². The van der Waals surface area contributed by atoms with E-state index in [1.165, 1.54) is 11.9 Å². The number of benzene rings is 2. The summed E-state index contributed by atoms with van der Waals surface area (Å²) in [6.45, 7) is 11.9. The Morgan fingerprint density at radius 1 is 1.07 bits per heavy atom. The van der Waals surface area contributed by atoms with E-state index in [4.69, 9.17) is 19.4 Å². The van der Waals surface area contributed by atoms with Crippen LogP contribution in [0.3, 0.4) is 0 Å². The van der Waals surface area contributed by atoms with E-state index in [9.17, 15) is 9.90 Å². The number of hydrogen-bond donors (Lipinski definition) is 2. The van der Waals surface area contributed by atoms with E-state index < -0.39 is 5.97 Å². The molecule has 2 aromatic carbocycles. The molecule has 2 heterocycles. The first-order valence-electron chi connectivity index (χ1n) is 14.6. The first-order valence-corrected chi connectivity index (χ1v) is 16.2. The molecular formula is C34H40BrN5O4S. The van der Waals surface area contributed by atoms with Gasteiger partial charge in [-0.05, 0) is 95.0 Å². The lowest BCUT2D eigenvalue weighted by Crippen LogP contribution is -2.37. The van der Waals surface area contributed by atoms with Gasteiger partial charge >= 0.3 is 5.97 Å². The monoisotopic (exact) mass is 693 g/mol. The van der Waals surface area contributed by atoms with E-state index in [-0.39, 0.29) is 23.8 Å². The van der Waals surface area contributed by atoms with E-state index in [0.717, 1.165) is 39.0 Å². The normalized spacial score (nSPS) is 12.2. The van der Waals surface area contributed by atoms with E-state index in [0.29, 0.717) is 29.9 Å². The predicted octanol–water partition coefficient (Wildman–Crippen LogP) is 7.71. The number of carbonyl (C=O) groups is 1. The second-order valence-electron chi connectivity index (χ2n) is 12.0. The Labute approximate surface area is 278 Å². The van der Waals surface area contributed by atoms with Crippen molar-refractivity contribution in [1.82, 2.24) is 20.3 Å². The minimum absolute atomic E-state index is 0.0284. The summed E-state index contributed by atoms with van der Waals surface area (Å²) in [4.78, 5) is 26.6. The second-order valence-corrected chi connectivity index (χ2v) is 14.0. The lowest BCUT2D eigenvalue weighted by molar-refractivity contribution is 0.0696. The Hall–Kier alpha value is -3.51. The summed E-state index contributed by atoms with van der Waals surface area (Å²) in [5.74, 6) is -0.174. The summed E-state index contributed by atoms with van der Waals surface area (Å²) >= 11 is 4.75. The summed E-state index contributed by atoms with van der Waals surface area (Å²) in [6.07, 6.45) is 2.67. The maximum absolute atomic E-state index is 11.6. The average molecular weight is 695 g/mol. The van der Waals surface area contributed by atoms with Gasteiger partial charge in [0, 0.05) is 46.9 Å². The standard InChI is InChI=1S/C34H40BrN5O4S/c1-22-9-7-10-23(2)31(22)29-16-30(44-20-27(17-34(3,4)5)37-19-26-14-13-25(35)18-36-26)39-33(38-29)40(21-43-6)45-28-12-8-11-24(15-28)32(41)42/h7-16,18,27,37H,17,19-21H2,1-6H3,(H,41,42). The molecule has 4 aromatic rings. The van der Waals surface area contributed by atoms with Crippen LogP contribution in [-0.4, -0.2) is 52.5 Å². The number of aromatic nitrogens is 3. The number of hydrogen-bond acceptors (Lipinski definition) is 9. The average Bonchev–Trinajstić information content (AvgIpc) is 2.98. The van der Waals surface area contributed by atoms with Crippen molar-refractivity contribution in [1.29, 1.82) is 0 Å². The number of aromatic carboxylic acids is 1. The van der Waals surface area contributed by atoms with Crippen LogP contribution in [0.2, 0.25) is 0 Å². The van der Waals surface area contributed by atoms with Crippen LogP contribution in [0.15, 0.2) is 76.2 Å². The van der Waals surface area contributed by atoms with Gasteiger partial charge < -0.3 is 19.9 Å². The van der Waals surface area contributed by atoms with Gasteiger partial charge in [0.05, 0.1) is 17.0 Å².